The third kappa shape index (κ3) is 4.87. The summed E-state index contributed by atoms with van der Waals surface area (Å²) >= 11 is 3.34. The SMILES string of the molecule is CCNCc1ccc(S(=O)(=O)NC(C)CC)c(Br)c1. The Labute approximate surface area is 124 Å². The van der Waals surface area contributed by atoms with Crippen molar-refractivity contribution in [2.24, 2.45) is 0 Å². The van der Waals surface area contributed by atoms with E-state index in [0.717, 1.165) is 25.1 Å². The van der Waals surface area contributed by atoms with Crippen molar-refractivity contribution < 1.29 is 8.42 Å². The summed E-state index contributed by atoms with van der Waals surface area (Å²) in [5, 5.41) is 3.21. The summed E-state index contributed by atoms with van der Waals surface area (Å²) in [5.41, 5.74) is 1.05. The Kier molecular flexibility index (Phi) is 6.46. The van der Waals surface area contributed by atoms with Crippen LogP contribution in [0, 0.1) is 0 Å². The summed E-state index contributed by atoms with van der Waals surface area (Å²) in [5.74, 6) is 0. The quantitative estimate of drug-likeness (QED) is 0.796. The summed E-state index contributed by atoms with van der Waals surface area (Å²) < 4.78 is 27.6. The predicted molar refractivity (Wildman–Crippen MR) is 81.6 cm³/mol. The standard InChI is InChI=1S/C13H21BrN2O2S/c1-4-10(3)16-19(17,18)13-7-6-11(8-12(13)14)9-15-5-2/h6-8,10,15-16H,4-5,9H2,1-3H3. The van der Waals surface area contributed by atoms with Gasteiger partial charge in [-0.15, -0.1) is 0 Å². The molecule has 1 rings (SSSR count). The van der Waals surface area contributed by atoms with Gasteiger partial charge in [0.25, 0.3) is 0 Å². The van der Waals surface area contributed by atoms with Gasteiger partial charge < -0.3 is 5.32 Å². The molecule has 2 N–H and O–H groups in total. The maximum atomic E-state index is 12.2. The van der Waals surface area contributed by atoms with Crippen LogP contribution in [-0.4, -0.2) is 21.0 Å². The van der Waals surface area contributed by atoms with Crippen molar-refractivity contribution in [1.29, 1.82) is 0 Å². The molecule has 0 amide bonds. The summed E-state index contributed by atoms with van der Waals surface area (Å²) in [6, 6.07) is 5.24. The summed E-state index contributed by atoms with van der Waals surface area (Å²) in [7, 11) is -3.46. The van der Waals surface area contributed by atoms with Crippen LogP contribution < -0.4 is 10.0 Å². The van der Waals surface area contributed by atoms with E-state index in [2.05, 4.69) is 26.0 Å². The van der Waals surface area contributed by atoms with Gasteiger partial charge in [0.2, 0.25) is 10.0 Å². The van der Waals surface area contributed by atoms with E-state index in [-0.39, 0.29) is 10.9 Å². The smallest absolute Gasteiger partial charge is 0.241 e. The highest BCUT2D eigenvalue weighted by atomic mass is 79.9. The van der Waals surface area contributed by atoms with E-state index in [1.807, 2.05) is 32.9 Å². The zero-order valence-corrected chi connectivity index (χ0v) is 13.9. The number of hydrogen-bond donors (Lipinski definition) is 2. The maximum Gasteiger partial charge on any atom is 0.241 e. The molecule has 0 aliphatic heterocycles. The van der Waals surface area contributed by atoms with Crippen molar-refractivity contribution in [3.05, 3.63) is 28.2 Å². The molecule has 0 aliphatic carbocycles. The third-order valence-electron chi connectivity index (χ3n) is 2.83. The minimum atomic E-state index is -3.46. The molecular formula is C13H21BrN2O2S. The first-order valence-electron chi connectivity index (χ1n) is 6.42. The van der Waals surface area contributed by atoms with E-state index in [0.29, 0.717) is 4.47 Å². The second kappa shape index (κ2) is 7.38. The van der Waals surface area contributed by atoms with Gasteiger partial charge in [-0.3, -0.25) is 0 Å². The lowest BCUT2D eigenvalue weighted by Gasteiger charge is -2.14. The van der Waals surface area contributed by atoms with E-state index >= 15 is 0 Å². The largest absolute Gasteiger partial charge is 0.313 e. The monoisotopic (exact) mass is 348 g/mol. The van der Waals surface area contributed by atoms with Gasteiger partial charge in [0.1, 0.15) is 0 Å². The Morgan fingerprint density at radius 2 is 2.00 bits per heavy atom. The third-order valence-corrected chi connectivity index (χ3v) is 5.40. The van der Waals surface area contributed by atoms with Crippen molar-refractivity contribution in [3.63, 3.8) is 0 Å². The molecule has 0 heterocycles. The molecule has 0 aliphatic rings. The van der Waals surface area contributed by atoms with Crippen LogP contribution in [0.3, 0.4) is 0 Å². The van der Waals surface area contributed by atoms with Gasteiger partial charge in [-0.05, 0) is 53.5 Å². The maximum absolute atomic E-state index is 12.2. The predicted octanol–water partition coefficient (Wildman–Crippen LogP) is 2.64. The van der Waals surface area contributed by atoms with E-state index in [4.69, 9.17) is 0 Å². The van der Waals surface area contributed by atoms with Gasteiger partial charge in [-0.2, -0.15) is 0 Å². The van der Waals surface area contributed by atoms with Gasteiger partial charge >= 0.3 is 0 Å². The Morgan fingerprint density at radius 1 is 1.32 bits per heavy atom. The molecular weight excluding hydrogens is 328 g/mol. The number of benzene rings is 1. The highest BCUT2D eigenvalue weighted by molar-refractivity contribution is 9.10. The van der Waals surface area contributed by atoms with Gasteiger partial charge in [0.15, 0.2) is 0 Å². The first-order valence-corrected chi connectivity index (χ1v) is 8.69. The molecule has 19 heavy (non-hydrogen) atoms. The van der Waals surface area contributed by atoms with Gasteiger partial charge in [0.05, 0.1) is 4.90 Å². The van der Waals surface area contributed by atoms with Gasteiger partial charge in [0, 0.05) is 17.1 Å². The van der Waals surface area contributed by atoms with E-state index in [1.54, 1.807) is 6.07 Å². The van der Waals surface area contributed by atoms with Crippen molar-refractivity contribution in [1.82, 2.24) is 10.0 Å². The number of halogens is 1. The Morgan fingerprint density at radius 3 is 2.53 bits per heavy atom. The average Bonchev–Trinajstić information content (AvgIpc) is 2.35. The van der Waals surface area contributed by atoms with E-state index in [1.165, 1.54) is 0 Å². The van der Waals surface area contributed by atoms with Crippen LogP contribution in [0.25, 0.3) is 0 Å². The first-order chi connectivity index (χ1) is 8.90. The number of nitrogens with one attached hydrogen (secondary N) is 2. The minimum Gasteiger partial charge on any atom is -0.313 e. The molecule has 1 unspecified atom stereocenters. The topological polar surface area (TPSA) is 58.2 Å². The molecule has 0 bridgehead atoms. The van der Waals surface area contributed by atoms with Crippen molar-refractivity contribution in [2.75, 3.05) is 6.54 Å². The average molecular weight is 349 g/mol. The van der Waals surface area contributed by atoms with Crippen molar-refractivity contribution in [3.8, 4) is 0 Å². The molecule has 1 aromatic carbocycles. The molecule has 4 nitrogen and oxygen atoms in total. The lowest BCUT2D eigenvalue weighted by atomic mass is 10.2. The summed E-state index contributed by atoms with van der Waals surface area (Å²) in [6.07, 6.45) is 0.759. The zero-order valence-electron chi connectivity index (χ0n) is 11.5. The molecule has 1 atom stereocenters. The normalized spacial score (nSPS) is 13.5. The second-order valence-electron chi connectivity index (χ2n) is 4.48. The molecule has 0 spiro atoms. The van der Waals surface area contributed by atoms with Crippen molar-refractivity contribution >= 4 is 26.0 Å². The Balaban J connectivity index is 2.95. The fraction of sp³-hybridized carbons (Fsp3) is 0.538. The van der Waals surface area contributed by atoms with Crippen LogP contribution in [0.2, 0.25) is 0 Å². The fourth-order valence-electron chi connectivity index (χ4n) is 1.55. The van der Waals surface area contributed by atoms with E-state index < -0.39 is 10.0 Å². The lowest BCUT2D eigenvalue weighted by molar-refractivity contribution is 0.555. The number of sulfonamides is 1. The Bertz CT molecular complexity index is 517. The summed E-state index contributed by atoms with van der Waals surface area (Å²) in [4.78, 5) is 0.285. The molecule has 108 valence electrons. The molecule has 0 saturated heterocycles. The molecule has 0 saturated carbocycles. The van der Waals surface area contributed by atoms with Crippen LogP contribution in [0.4, 0.5) is 0 Å². The lowest BCUT2D eigenvalue weighted by Crippen LogP contribution is -2.32. The van der Waals surface area contributed by atoms with Crippen LogP contribution in [-0.2, 0) is 16.6 Å². The number of rotatable bonds is 7. The summed E-state index contributed by atoms with van der Waals surface area (Å²) in [6.45, 7) is 7.44. The van der Waals surface area contributed by atoms with Crippen molar-refractivity contribution in [2.45, 2.75) is 44.7 Å². The highest BCUT2D eigenvalue weighted by Crippen LogP contribution is 2.23. The molecule has 6 heteroatoms. The van der Waals surface area contributed by atoms with Crippen LogP contribution >= 0.6 is 15.9 Å². The van der Waals surface area contributed by atoms with Gasteiger partial charge in [-0.1, -0.05) is 19.9 Å². The van der Waals surface area contributed by atoms with E-state index in [9.17, 15) is 8.42 Å². The molecule has 1 aromatic rings. The highest BCUT2D eigenvalue weighted by Gasteiger charge is 2.19. The molecule has 0 aromatic heterocycles. The fourth-order valence-corrected chi connectivity index (χ4v) is 4.00. The van der Waals surface area contributed by atoms with Crippen LogP contribution in [0.5, 0.6) is 0 Å². The molecule has 0 fully saturated rings. The zero-order chi connectivity index (χ0) is 14.5. The number of hydrogen-bond acceptors (Lipinski definition) is 3. The Hall–Kier alpha value is -0.430. The van der Waals surface area contributed by atoms with Crippen LogP contribution in [0.15, 0.2) is 27.6 Å². The second-order valence-corrected chi connectivity index (χ2v) is 7.01. The van der Waals surface area contributed by atoms with Gasteiger partial charge in [-0.25, -0.2) is 13.1 Å². The van der Waals surface area contributed by atoms with Crippen LogP contribution in [0.1, 0.15) is 32.8 Å². The minimum absolute atomic E-state index is 0.0710. The molecule has 0 radical (unpaired) electrons. The first kappa shape index (κ1) is 16.6.